The molecule has 0 saturated heterocycles. The van der Waals surface area contributed by atoms with Crippen molar-refractivity contribution in [3.05, 3.63) is 0 Å². The van der Waals surface area contributed by atoms with E-state index in [4.69, 9.17) is 5.11 Å². The predicted octanol–water partition coefficient (Wildman–Crippen LogP) is 1.09. The Morgan fingerprint density at radius 3 is 2.44 bits per heavy atom. The highest BCUT2D eigenvalue weighted by Crippen LogP contribution is 2.32. The van der Waals surface area contributed by atoms with Crippen molar-refractivity contribution in [2.24, 2.45) is 5.92 Å². The maximum Gasteiger partial charge on any atom is 0.329 e. The van der Waals surface area contributed by atoms with Crippen LogP contribution < -0.4 is 10.6 Å². The van der Waals surface area contributed by atoms with Crippen LogP contribution in [0.5, 0.6) is 0 Å². The van der Waals surface area contributed by atoms with Gasteiger partial charge in [0.1, 0.15) is 5.54 Å². The van der Waals surface area contributed by atoms with E-state index < -0.39 is 11.5 Å². The molecule has 2 rings (SSSR count). The number of carboxylic acids is 1. The minimum Gasteiger partial charge on any atom is -0.480 e. The maximum absolute atomic E-state index is 11.5. The first kappa shape index (κ1) is 11.2. The number of carboxylic acid groups (broad SMARTS) is 1. The highest BCUT2D eigenvalue weighted by atomic mass is 16.4. The molecule has 2 saturated carbocycles. The highest BCUT2D eigenvalue weighted by molar-refractivity contribution is 5.87. The Morgan fingerprint density at radius 1 is 1.31 bits per heavy atom. The van der Waals surface area contributed by atoms with Gasteiger partial charge in [-0.05, 0) is 31.6 Å². The van der Waals surface area contributed by atoms with Gasteiger partial charge in [0, 0.05) is 6.54 Å². The van der Waals surface area contributed by atoms with Gasteiger partial charge in [-0.25, -0.2) is 9.59 Å². The van der Waals surface area contributed by atoms with E-state index in [0.29, 0.717) is 19.4 Å². The minimum atomic E-state index is -0.996. The summed E-state index contributed by atoms with van der Waals surface area (Å²) >= 11 is 0. The molecule has 0 aromatic rings. The van der Waals surface area contributed by atoms with Gasteiger partial charge >= 0.3 is 12.0 Å². The normalized spacial score (nSPS) is 22.0. The van der Waals surface area contributed by atoms with Crippen LogP contribution in [0.1, 0.15) is 38.5 Å². The van der Waals surface area contributed by atoms with Gasteiger partial charge < -0.3 is 15.7 Å². The highest BCUT2D eigenvalue weighted by Gasteiger charge is 2.45. The molecule has 2 amide bonds. The average Bonchev–Trinajstić information content (AvgIpc) is 2.94. The van der Waals surface area contributed by atoms with E-state index in [1.165, 1.54) is 12.8 Å². The summed E-state index contributed by atoms with van der Waals surface area (Å²) in [6.45, 7) is 0.645. The third-order valence-electron chi connectivity index (χ3n) is 3.50. The summed E-state index contributed by atoms with van der Waals surface area (Å²) in [5, 5.41) is 14.3. The van der Waals surface area contributed by atoms with Crippen molar-refractivity contribution >= 4 is 12.0 Å². The molecule has 0 heterocycles. The second-order valence-electron chi connectivity index (χ2n) is 4.85. The van der Waals surface area contributed by atoms with Crippen molar-refractivity contribution < 1.29 is 14.7 Å². The molecule has 3 N–H and O–H groups in total. The van der Waals surface area contributed by atoms with Gasteiger partial charge in [0.05, 0.1) is 0 Å². The summed E-state index contributed by atoms with van der Waals surface area (Å²) in [7, 11) is 0. The van der Waals surface area contributed by atoms with Gasteiger partial charge in [0.15, 0.2) is 0 Å². The number of rotatable bonds is 5. The number of aliphatic carboxylic acids is 1. The Kier molecular flexibility index (Phi) is 3.03. The number of amides is 2. The lowest BCUT2D eigenvalue weighted by Crippen LogP contribution is -2.61. The summed E-state index contributed by atoms with van der Waals surface area (Å²) in [6, 6.07) is -0.345. The molecule has 0 atom stereocenters. The van der Waals surface area contributed by atoms with E-state index >= 15 is 0 Å². The fraction of sp³-hybridized carbons (Fsp3) is 0.818. The molecule has 0 bridgehead atoms. The Bertz CT molecular complexity index is 296. The Labute approximate surface area is 94.6 Å². The first-order valence-corrected chi connectivity index (χ1v) is 5.92. The summed E-state index contributed by atoms with van der Waals surface area (Å²) in [4.78, 5) is 22.5. The van der Waals surface area contributed by atoms with Crippen molar-refractivity contribution in [1.82, 2.24) is 10.6 Å². The Balaban J connectivity index is 1.70. The molecular weight excluding hydrogens is 208 g/mol. The third-order valence-corrected chi connectivity index (χ3v) is 3.50. The van der Waals surface area contributed by atoms with Crippen LogP contribution in [0.3, 0.4) is 0 Å². The van der Waals surface area contributed by atoms with Crippen molar-refractivity contribution in [3.63, 3.8) is 0 Å². The van der Waals surface area contributed by atoms with Crippen molar-refractivity contribution in [2.75, 3.05) is 6.54 Å². The van der Waals surface area contributed by atoms with Crippen LogP contribution in [0.2, 0.25) is 0 Å². The molecule has 5 heteroatoms. The topological polar surface area (TPSA) is 78.4 Å². The van der Waals surface area contributed by atoms with Crippen LogP contribution in [-0.4, -0.2) is 29.2 Å². The van der Waals surface area contributed by atoms with Gasteiger partial charge in [-0.1, -0.05) is 12.8 Å². The zero-order valence-electron chi connectivity index (χ0n) is 9.29. The second-order valence-corrected chi connectivity index (χ2v) is 4.85. The van der Waals surface area contributed by atoms with Crippen molar-refractivity contribution in [1.29, 1.82) is 0 Å². The summed E-state index contributed by atoms with van der Waals surface area (Å²) in [5.74, 6) is -0.145. The number of nitrogens with one attached hydrogen (secondary N) is 2. The SMILES string of the molecule is O=C(NCCC1CC1)NC1(C(=O)O)CCC1. The molecule has 5 nitrogen and oxygen atoms in total. The third kappa shape index (κ3) is 2.46. The number of hydrogen-bond acceptors (Lipinski definition) is 2. The smallest absolute Gasteiger partial charge is 0.329 e. The van der Waals surface area contributed by atoms with E-state index in [1.807, 2.05) is 0 Å². The van der Waals surface area contributed by atoms with E-state index in [0.717, 1.165) is 18.8 Å². The molecule has 2 fully saturated rings. The lowest BCUT2D eigenvalue weighted by molar-refractivity contribution is -0.148. The van der Waals surface area contributed by atoms with Crippen LogP contribution >= 0.6 is 0 Å². The number of carbonyl (C=O) groups excluding carboxylic acids is 1. The molecule has 0 aromatic carbocycles. The molecule has 0 unspecified atom stereocenters. The molecule has 90 valence electrons. The van der Waals surface area contributed by atoms with E-state index in [9.17, 15) is 9.59 Å². The van der Waals surface area contributed by atoms with Gasteiger partial charge in [0.25, 0.3) is 0 Å². The fourth-order valence-corrected chi connectivity index (χ4v) is 1.98. The molecular formula is C11H18N2O3. The van der Waals surface area contributed by atoms with Crippen LogP contribution in [0.4, 0.5) is 4.79 Å². The summed E-state index contributed by atoms with van der Waals surface area (Å²) in [5.41, 5.74) is -0.996. The van der Waals surface area contributed by atoms with Gasteiger partial charge in [-0.2, -0.15) is 0 Å². The molecule has 2 aliphatic carbocycles. The average molecular weight is 226 g/mol. The second kappa shape index (κ2) is 4.31. The van der Waals surface area contributed by atoms with Gasteiger partial charge in [0.2, 0.25) is 0 Å². The van der Waals surface area contributed by atoms with Crippen LogP contribution in [0.25, 0.3) is 0 Å². The molecule has 0 aliphatic heterocycles. The van der Waals surface area contributed by atoms with Gasteiger partial charge in [-0.15, -0.1) is 0 Å². The Hall–Kier alpha value is -1.26. The quantitative estimate of drug-likeness (QED) is 0.656. The maximum atomic E-state index is 11.5. The van der Waals surface area contributed by atoms with E-state index in [1.54, 1.807) is 0 Å². The van der Waals surface area contributed by atoms with Crippen molar-refractivity contribution in [2.45, 2.75) is 44.1 Å². The standard InChI is InChI=1S/C11H18N2O3/c14-9(15)11(5-1-6-11)13-10(16)12-7-4-8-2-3-8/h8H,1-7H2,(H,14,15)(H2,12,13,16). The Morgan fingerprint density at radius 2 is 2.00 bits per heavy atom. The fourth-order valence-electron chi connectivity index (χ4n) is 1.98. The van der Waals surface area contributed by atoms with Crippen LogP contribution in [-0.2, 0) is 4.79 Å². The molecule has 2 aliphatic rings. The zero-order chi connectivity index (χ0) is 11.6. The number of hydrogen-bond donors (Lipinski definition) is 3. The van der Waals surface area contributed by atoms with Crippen LogP contribution in [0.15, 0.2) is 0 Å². The summed E-state index contributed by atoms with van der Waals surface area (Å²) in [6.07, 6.45) is 5.49. The monoisotopic (exact) mass is 226 g/mol. The van der Waals surface area contributed by atoms with Gasteiger partial charge in [-0.3, -0.25) is 0 Å². The van der Waals surface area contributed by atoms with E-state index in [-0.39, 0.29) is 6.03 Å². The molecule has 16 heavy (non-hydrogen) atoms. The molecule has 0 spiro atoms. The number of urea groups is 1. The van der Waals surface area contributed by atoms with Crippen molar-refractivity contribution in [3.8, 4) is 0 Å². The molecule has 0 radical (unpaired) electrons. The van der Waals surface area contributed by atoms with Crippen LogP contribution in [0, 0.1) is 5.92 Å². The first-order chi connectivity index (χ1) is 7.62. The molecule has 0 aromatic heterocycles. The largest absolute Gasteiger partial charge is 0.480 e. The predicted molar refractivity (Wildman–Crippen MR) is 58.1 cm³/mol. The lowest BCUT2D eigenvalue weighted by atomic mass is 9.77. The zero-order valence-corrected chi connectivity index (χ0v) is 9.29. The summed E-state index contributed by atoms with van der Waals surface area (Å²) < 4.78 is 0. The first-order valence-electron chi connectivity index (χ1n) is 5.92. The minimum absolute atomic E-state index is 0.345. The van der Waals surface area contributed by atoms with E-state index in [2.05, 4.69) is 10.6 Å². The number of carbonyl (C=O) groups is 2. The lowest BCUT2D eigenvalue weighted by Gasteiger charge is -2.38.